The maximum absolute atomic E-state index is 5.29. The number of methoxy groups -OCH3 is 1. The fraction of sp³-hybridized carbons (Fsp3) is 0.273. The number of fused-ring (bicyclic) bond motifs is 1. The average molecular weight is 192 g/mol. The lowest BCUT2D eigenvalue weighted by molar-refractivity contribution is 0.420. The minimum absolute atomic E-state index is 0.980. The Kier molecular flexibility index (Phi) is 2.23. The summed E-state index contributed by atoms with van der Waals surface area (Å²) in [6, 6.07) is 8.41. The SMILES string of the molecule is CCc1cc2c(OC)cccc2s1. The summed E-state index contributed by atoms with van der Waals surface area (Å²) in [4.78, 5) is 1.42. The van der Waals surface area contributed by atoms with Crippen LogP contribution in [-0.4, -0.2) is 7.11 Å². The number of ether oxygens (including phenoxy) is 1. The summed E-state index contributed by atoms with van der Waals surface area (Å²) < 4.78 is 6.61. The third-order valence-electron chi connectivity index (χ3n) is 2.14. The van der Waals surface area contributed by atoms with E-state index in [1.807, 2.05) is 23.5 Å². The smallest absolute Gasteiger partial charge is 0.127 e. The standard InChI is InChI=1S/C11H12OS/c1-3-8-7-9-10(12-2)5-4-6-11(9)13-8/h4-7H,3H2,1-2H3. The van der Waals surface area contributed by atoms with Gasteiger partial charge in [-0.15, -0.1) is 11.3 Å². The van der Waals surface area contributed by atoms with Crippen LogP contribution in [0.5, 0.6) is 5.75 Å². The molecule has 0 aliphatic carbocycles. The van der Waals surface area contributed by atoms with Gasteiger partial charge in [0.1, 0.15) is 5.75 Å². The third-order valence-corrected chi connectivity index (χ3v) is 3.39. The predicted molar refractivity (Wildman–Crippen MR) is 57.8 cm³/mol. The second kappa shape index (κ2) is 3.38. The molecule has 68 valence electrons. The van der Waals surface area contributed by atoms with Crippen molar-refractivity contribution in [1.82, 2.24) is 0 Å². The first-order valence-electron chi connectivity index (χ1n) is 4.40. The molecule has 0 bridgehead atoms. The van der Waals surface area contributed by atoms with Crippen LogP contribution in [0.3, 0.4) is 0 Å². The van der Waals surface area contributed by atoms with Gasteiger partial charge >= 0.3 is 0 Å². The van der Waals surface area contributed by atoms with Crippen molar-refractivity contribution in [3.8, 4) is 5.75 Å². The molecule has 0 spiro atoms. The maximum atomic E-state index is 5.29. The highest BCUT2D eigenvalue weighted by atomic mass is 32.1. The van der Waals surface area contributed by atoms with E-state index < -0.39 is 0 Å². The fourth-order valence-corrected chi connectivity index (χ4v) is 2.46. The molecule has 1 aromatic heterocycles. The Morgan fingerprint density at radius 3 is 2.92 bits per heavy atom. The van der Waals surface area contributed by atoms with Gasteiger partial charge in [0.2, 0.25) is 0 Å². The van der Waals surface area contributed by atoms with Gasteiger partial charge in [0.25, 0.3) is 0 Å². The topological polar surface area (TPSA) is 9.23 Å². The predicted octanol–water partition coefficient (Wildman–Crippen LogP) is 3.47. The van der Waals surface area contributed by atoms with Crippen molar-refractivity contribution in [2.45, 2.75) is 13.3 Å². The molecule has 0 radical (unpaired) electrons. The second-order valence-electron chi connectivity index (χ2n) is 2.94. The van der Waals surface area contributed by atoms with Crippen molar-refractivity contribution >= 4 is 21.4 Å². The van der Waals surface area contributed by atoms with Crippen molar-refractivity contribution in [3.63, 3.8) is 0 Å². The monoisotopic (exact) mass is 192 g/mol. The minimum atomic E-state index is 0.980. The Labute approximate surface area is 82.0 Å². The number of hydrogen-bond donors (Lipinski definition) is 0. The molecule has 0 unspecified atom stereocenters. The Morgan fingerprint density at radius 2 is 2.23 bits per heavy atom. The molecule has 0 aliphatic heterocycles. The first-order valence-corrected chi connectivity index (χ1v) is 5.22. The number of aryl methyl sites for hydroxylation is 1. The lowest BCUT2D eigenvalue weighted by Crippen LogP contribution is -1.81. The molecule has 2 heteroatoms. The summed E-state index contributed by atoms with van der Waals surface area (Å²) in [5.74, 6) is 0.980. The first-order chi connectivity index (χ1) is 6.35. The van der Waals surface area contributed by atoms with Crippen LogP contribution in [0.1, 0.15) is 11.8 Å². The first kappa shape index (κ1) is 8.57. The van der Waals surface area contributed by atoms with E-state index in [0.29, 0.717) is 0 Å². The molecule has 0 atom stereocenters. The van der Waals surface area contributed by atoms with E-state index in [2.05, 4.69) is 19.1 Å². The molecule has 2 rings (SSSR count). The van der Waals surface area contributed by atoms with Gasteiger partial charge in [0, 0.05) is 15.0 Å². The second-order valence-corrected chi connectivity index (χ2v) is 4.11. The summed E-state index contributed by atoms with van der Waals surface area (Å²) >= 11 is 1.85. The largest absolute Gasteiger partial charge is 0.496 e. The summed E-state index contributed by atoms with van der Waals surface area (Å²) in [7, 11) is 1.72. The molecule has 0 saturated carbocycles. The van der Waals surface area contributed by atoms with Gasteiger partial charge in [-0.25, -0.2) is 0 Å². The lowest BCUT2D eigenvalue weighted by Gasteiger charge is -1.99. The molecule has 0 saturated heterocycles. The highest BCUT2D eigenvalue weighted by Crippen LogP contribution is 2.32. The van der Waals surface area contributed by atoms with Crippen molar-refractivity contribution in [2.75, 3.05) is 7.11 Å². The van der Waals surface area contributed by atoms with E-state index in [1.54, 1.807) is 7.11 Å². The van der Waals surface area contributed by atoms with Gasteiger partial charge < -0.3 is 4.74 Å². The lowest BCUT2D eigenvalue weighted by atomic mass is 10.2. The van der Waals surface area contributed by atoms with Gasteiger partial charge in [-0.2, -0.15) is 0 Å². The van der Waals surface area contributed by atoms with Crippen LogP contribution >= 0.6 is 11.3 Å². The van der Waals surface area contributed by atoms with Crippen molar-refractivity contribution < 1.29 is 4.74 Å². The zero-order chi connectivity index (χ0) is 9.26. The van der Waals surface area contributed by atoms with E-state index in [-0.39, 0.29) is 0 Å². The maximum Gasteiger partial charge on any atom is 0.127 e. The van der Waals surface area contributed by atoms with Crippen LogP contribution in [-0.2, 0) is 6.42 Å². The molecule has 0 N–H and O–H groups in total. The van der Waals surface area contributed by atoms with Crippen LogP contribution in [0, 0.1) is 0 Å². The summed E-state index contributed by atoms with van der Waals surface area (Å²) in [6.07, 6.45) is 1.10. The minimum Gasteiger partial charge on any atom is -0.496 e. The van der Waals surface area contributed by atoms with E-state index >= 15 is 0 Å². The number of hydrogen-bond acceptors (Lipinski definition) is 2. The summed E-state index contributed by atoms with van der Waals surface area (Å²) in [6.45, 7) is 2.18. The van der Waals surface area contributed by atoms with Crippen LogP contribution in [0.2, 0.25) is 0 Å². The Balaban J connectivity index is 2.67. The van der Waals surface area contributed by atoms with E-state index in [1.165, 1.54) is 15.0 Å². The van der Waals surface area contributed by atoms with Crippen LogP contribution in [0.4, 0.5) is 0 Å². The highest BCUT2D eigenvalue weighted by molar-refractivity contribution is 7.19. The van der Waals surface area contributed by atoms with Crippen molar-refractivity contribution in [2.24, 2.45) is 0 Å². The fourth-order valence-electron chi connectivity index (χ4n) is 1.44. The number of rotatable bonds is 2. The normalized spacial score (nSPS) is 10.6. The van der Waals surface area contributed by atoms with E-state index in [4.69, 9.17) is 4.74 Å². The van der Waals surface area contributed by atoms with Crippen molar-refractivity contribution in [3.05, 3.63) is 29.1 Å². The van der Waals surface area contributed by atoms with Gasteiger partial charge in [-0.1, -0.05) is 13.0 Å². The Hall–Kier alpha value is -1.02. The molecule has 1 aromatic carbocycles. The van der Waals surface area contributed by atoms with Crippen LogP contribution in [0.15, 0.2) is 24.3 Å². The zero-order valence-corrected chi connectivity index (χ0v) is 8.65. The summed E-state index contributed by atoms with van der Waals surface area (Å²) in [5.41, 5.74) is 0. The molecule has 0 fully saturated rings. The average Bonchev–Trinajstić information content (AvgIpc) is 2.59. The van der Waals surface area contributed by atoms with Gasteiger partial charge in [-0.05, 0) is 24.6 Å². The number of thiophene rings is 1. The molecule has 1 nitrogen and oxygen atoms in total. The molecular weight excluding hydrogens is 180 g/mol. The summed E-state index contributed by atoms with van der Waals surface area (Å²) in [5, 5.41) is 1.24. The highest BCUT2D eigenvalue weighted by Gasteiger charge is 2.04. The molecular formula is C11H12OS. The quantitative estimate of drug-likeness (QED) is 0.708. The van der Waals surface area contributed by atoms with Gasteiger partial charge in [0.15, 0.2) is 0 Å². The molecule has 2 aromatic rings. The molecule has 0 amide bonds. The Morgan fingerprint density at radius 1 is 1.38 bits per heavy atom. The van der Waals surface area contributed by atoms with Crippen molar-refractivity contribution in [1.29, 1.82) is 0 Å². The van der Waals surface area contributed by atoms with E-state index in [0.717, 1.165) is 12.2 Å². The molecule has 1 heterocycles. The number of benzene rings is 1. The Bertz CT molecular complexity index is 417. The zero-order valence-electron chi connectivity index (χ0n) is 7.83. The third kappa shape index (κ3) is 1.42. The van der Waals surface area contributed by atoms with Crippen LogP contribution < -0.4 is 4.74 Å². The molecule has 0 aliphatic rings. The van der Waals surface area contributed by atoms with E-state index in [9.17, 15) is 0 Å². The van der Waals surface area contributed by atoms with Crippen LogP contribution in [0.25, 0.3) is 10.1 Å². The van der Waals surface area contributed by atoms with Gasteiger partial charge in [-0.3, -0.25) is 0 Å². The molecule has 13 heavy (non-hydrogen) atoms. The van der Waals surface area contributed by atoms with Gasteiger partial charge in [0.05, 0.1) is 7.11 Å².